The van der Waals surface area contributed by atoms with E-state index in [-0.39, 0.29) is 0 Å². The van der Waals surface area contributed by atoms with Gasteiger partial charge in [0.2, 0.25) is 0 Å². The summed E-state index contributed by atoms with van der Waals surface area (Å²) in [5, 5.41) is 18.3. The number of halogens is 1. The van der Waals surface area contributed by atoms with Crippen molar-refractivity contribution < 1.29 is 10.0 Å². The zero-order valence-electron chi connectivity index (χ0n) is 9.58. The van der Waals surface area contributed by atoms with E-state index < -0.39 is 7.12 Å². The average molecular weight is 324 g/mol. The van der Waals surface area contributed by atoms with Crippen molar-refractivity contribution >= 4 is 29.7 Å². The van der Waals surface area contributed by atoms with E-state index in [1.807, 2.05) is 6.08 Å². The summed E-state index contributed by atoms with van der Waals surface area (Å²) in [7, 11) is -1.25. The molecule has 0 fully saturated rings. The third-order valence-corrected chi connectivity index (χ3v) is 3.16. The first-order chi connectivity index (χ1) is 7.22. The van der Waals surface area contributed by atoms with Gasteiger partial charge in [-0.15, -0.1) is 0 Å². The minimum absolute atomic E-state index is 0.795. The van der Waals surface area contributed by atoms with Crippen LogP contribution in [0.1, 0.15) is 51.9 Å². The molecular weight excluding hydrogens is 302 g/mol. The Morgan fingerprint density at radius 3 is 2.47 bits per heavy atom. The normalized spacial score (nSPS) is 11.9. The van der Waals surface area contributed by atoms with Crippen LogP contribution in [0.3, 0.4) is 0 Å². The zero-order chi connectivity index (χ0) is 11.5. The SMILES string of the molecule is CCCCCCC=C(CCCI)B(O)O. The van der Waals surface area contributed by atoms with Gasteiger partial charge in [0, 0.05) is 0 Å². The Hall–Kier alpha value is 0.455. The van der Waals surface area contributed by atoms with E-state index in [2.05, 4.69) is 29.5 Å². The topological polar surface area (TPSA) is 40.5 Å². The maximum atomic E-state index is 9.13. The largest absolute Gasteiger partial charge is 0.483 e. The molecule has 2 nitrogen and oxygen atoms in total. The van der Waals surface area contributed by atoms with Crippen LogP contribution >= 0.6 is 22.6 Å². The van der Waals surface area contributed by atoms with Gasteiger partial charge in [0.15, 0.2) is 0 Å². The summed E-state index contributed by atoms with van der Waals surface area (Å²) in [5.74, 6) is 0. The highest BCUT2D eigenvalue weighted by atomic mass is 127. The second kappa shape index (κ2) is 11.0. The predicted molar refractivity (Wildman–Crippen MR) is 75.2 cm³/mol. The molecule has 0 rings (SSSR count). The molecule has 0 aromatic rings. The van der Waals surface area contributed by atoms with Crippen molar-refractivity contribution in [3.05, 3.63) is 11.5 Å². The molecule has 0 atom stereocenters. The molecule has 0 aliphatic carbocycles. The van der Waals surface area contributed by atoms with Gasteiger partial charge < -0.3 is 10.0 Å². The second-order valence-electron chi connectivity index (χ2n) is 3.79. The molecule has 2 N–H and O–H groups in total. The van der Waals surface area contributed by atoms with E-state index >= 15 is 0 Å². The molecule has 4 heteroatoms. The van der Waals surface area contributed by atoms with Gasteiger partial charge in [0.05, 0.1) is 0 Å². The van der Waals surface area contributed by atoms with Crippen molar-refractivity contribution in [2.75, 3.05) is 4.43 Å². The van der Waals surface area contributed by atoms with Gasteiger partial charge in [-0.05, 0) is 35.6 Å². The van der Waals surface area contributed by atoms with Crippen LogP contribution in [0.2, 0.25) is 0 Å². The lowest BCUT2D eigenvalue weighted by Crippen LogP contribution is -2.15. The first-order valence-corrected chi connectivity index (χ1v) is 7.36. The number of allylic oxidation sites excluding steroid dienone is 2. The molecule has 0 saturated carbocycles. The summed E-state index contributed by atoms with van der Waals surface area (Å²) < 4.78 is 1.07. The first-order valence-electron chi connectivity index (χ1n) is 5.83. The number of rotatable bonds is 9. The molecule has 0 unspecified atom stereocenters. The Bertz CT molecular complexity index is 172. The highest BCUT2D eigenvalue weighted by molar-refractivity contribution is 14.1. The summed E-state index contributed by atoms with van der Waals surface area (Å²) in [6.45, 7) is 2.19. The quantitative estimate of drug-likeness (QED) is 0.296. The van der Waals surface area contributed by atoms with Crippen LogP contribution in [0.5, 0.6) is 0 Å². The van der Waals surface area contributed by atoms with Crippen molar-refractivity contribution in [2.24, 2.45) is 0 Å². The fourth-order valence-electron chi connectivity index (χ4n) is 1.47. The number of unbranched alkanes of at least 4 members (excludes halogenated alkanes) is 4. The maximum absolute atomic E-state index is 9.13. The lowest BCUT2D eigenvalue weighted by Gasteiger charge is -2.05. The third-order valence-electron chi connectivity index (χ3n) is 2.39. The van der Waals surface area contributed by atoms with Gasteiger partial charge in [-0.25, -0.2) is 0 Å². The summed E-state index contributed by atoms with van der Waals surface area (Å²) in [6, 6.07) is 0. The second-order valence-corrected chi connectivity index (χ2v) is 4.87. The molecule has 0 amide bonds. The van der Waals surface area contributed by atoms with Crippen LogP contribution in [-0.2, 0) is 0 Å². The van der Waals surface area contributed by atoms with Crippen LogP contribution < -0.4 is 0 Å². The first kappa shape index (κ1) is 15.5. The number of hydrogen-bond donors (Lipinski definition) is 2. The van der Waals surface area contributed by atoms with E-state index in [1.54, 1.807) is 0 Å². The van der Waals surface area contributed by atoms with Crippen LogP contribution in [0.25, 0.3) is 0 Å². The summed E-state index contributed by atoms with van der Waals surface area (Å²) in [5.41, 5.74) is 0.795. The Balaban J connectivity index is 3.74. The minimum atomic E-state index is -1.25. The summed E-state index contributed by atoms with van der Waals surface area (Å²) >= 11 is 2.31. The molecule has 0 aromatic heterocycles. The summed E-state index contributed by atoms with van der Waals surface area (Å²) in [4.78, 5) is 0. The molecule has 0 bridgehead atoms. The van der Waals surface area contributed by atoms with Gasteiger partial charge in [0.25, 0.3) is 0 Å². The number of hydrogen-bond acceptors (Lipinski definition) is 2. The third kappa shape index (κ3) is 9.39. The lowest BCUT2D eigenvalue weighted by atomic mass is 9.76. The van der Waals surface area contributed by atoms with Crippen LogP contribution in [0.4, 0.5) is 0 Å². The van der Waals surface area contributed by atoms with E-state index in [0.717, 1.165) is 35.6 Å². The van der Waals surface area contributed by atoms with Crippen molar-refractivity contribution in [3.8, 4) is 0 Å². The van der Waals surface area contributed by atoms with Crippen LogP contribution in [0.15, 0.2) is 11.5 Å². The van der Waals surface area contributed by atoms with Gasteiger partial charge >= 0.3 is 7.12 Å². The fraction of sp³-hybridized carbons (Fsp3) is 0.818. The standard InChI is InChI=1S/C11H22BIO2/c1-2-3-4-5-6-8-11(12(14)15)9-7-10-13/h8,14-15H,2-7,9-10H2,1H3. The molecule has 15 heavy (non-hydrogen) atoms. The van der Waals surface area contributed by atoms with Gasteiger partial charge in [-0.1, -0.05) is 54.9 Å². The minimum Gasteiger partial charge on any atom is -0.423 e. The Kier molecular flexibility index (Phi) is 11.3. The molecule has 0 saturated heterocycles. The lowest BCUT2D eigenvalue weighted by molar-refractivity contribution is 0.416. The Labute approximate surface area is 107 Å². The Morgan fingerprint density at radius 1 is 1.20 bits per heavy atom. The van der Waals surface area contributed by atoms with E-state index in [0.29, 0.717) is 0 Å². The van der Waals surface area contributed by atoms with E-state index in [1.165, 1.54) is 19.3 Å². The number of alkyl halides is 1. The molecule has 0 aromatic carbocycles. The molecule has 0 spiro atoms. The molecule has 0 heterocycles. The van der Waals surface area contributed by atoms with Crippen molar-refractivity contribution in [3.63, 3.8) is 0 Å². The predicted octanol–water partition coefficient (Wildman–Crippen LogP) is 3.11. The van der Waals surface area contributed by atoms with Crippen LogP contribution in [0, 0.1) is 0 Å². The highest BCUT2D eigenvalue weighted by Crippen LogP contribution is 2.11. The molecule has 0 aliphatic heterocycles. The van der Waals surface area contributed by atoms with Crippen molar-refractivity contribution in [2.45, 2.75) is 51.9 Å². The molecule has 0 radical (unpaired) electrons. The van der Waals surface area contributed by atoms with E-state index in [9.17, 15) is 0 Å². The van der Waals surface area contributed by atoms with E-state index in [4.69, 9.17) is 10.0 Å². The highest BCUT2D eigenvalue weighted by Gasteiger charge is 2.12. The van der Waals surface area contributed by atoms with Gasteiger partial charge in [0.1, 0.15) is 0 Å². The van der Waals surface area contributed by atoms with Crippen molar-refractivity contribution in [1.29, 1.82) is 0 Å². The summed E-state index contributed by atoms with van der Waals surface area (Å²) in [6.07, 6.45) is 9.75. The van der Waals surface area contributed by atoms with Gasteiger partial charge in [-0.3, -0.25) is 0 Å². The van der Waals surface area contributed by atoms with Gasteiger partial charge in [-0.2, -0.15) is 0 Å². The fourth-order valence-corrected chi connectivity index (χ4v) is 1.85. The average Bonchev–Trinajstić information content (AvgIpc) is 2.21. The Morgan fingerprint density at radius 2 is 1.93 bits per heavy atom. The van der Waals surface area contributed by atoms with Crippen molar-refractivity contribution in [1.82, 2.24) is 0 Å². The molecular formula is C11H22BIO2. The molecule has 88 valence electrons. The molecule has 0 aliphatic rings. The monoisotopic (exact) mass is 324 g/mol. The van der Waals surface area contributed by atoms with Crippen LogP contribution in [-0.4, -0.2) is 21.6 Å². The maximum Gasteiger partial charge on any atom is 0.483 e. The smallest absolute Gasteiger partial charge is 0.423 e. The zero-order valence-corrected chi connectivity index (χ0v) is 11.7.